The fraction of sp³-hybridized carbons (Fsp3) is 0.962. The molecule has 8 fully saturated rings. The normalized spacial score (nSPS) is 52.6. The molecule has 23 nitrogen and oxygen atoms in total. The quantitative estimate of drug-likeness (QED) is 0.0591. The van der Waals surface area contributed by atoms with Crippen molar-refractivity contribution in [3.63, 3.8) is 0 Å². The van der Waals surface area contributed by atoms with E-state index in [9.17, 15) is 76.6 Å². The monoisotopic (exact) mass is 1090 g/mol. The lowest BCUT2D eigenvalue weighted by molar-refractivity contribution is -0.378. The van der Waals surface area contributed by atoms with Gasteiger partial charge in [-0.25, -0.2) is 0 Å². The van der Waals surface area contributed by atoms with E-state index in [4.69, 9.17) is 37.9 Å². The number of hydrogen-bond donors (Lipinski definition) is 15. The van der Waals surface area contributed by atoms with Crippen LogP contribution in [0.2, 0.25) is 0 Å². The van der Waals surface area contributed by atoms with Crippen LogP contribution >= 0.6 is 0 Å². The number of rotatable bonds is 15. The van der Waals surface area contributed by atoms with Gasteiger partial charge in [-0.2, -0.15) is 0 Å². The number of fused-ring (bicyclic) bond motifs is 5. The molecule has 0 spiro atoms. The highest BCUT2D eigenvalue weighted by molar-refractivity contribution is 5.21. The van der Waals surface area contributed by atoms with E-state index in [1.807, 2.05) is 6.92 Å². The lowest BCUT2D eigenvalue weighted by Crippen LogP contribution is -2.68. The predicted molar refractivity (Wildman–Crippen MR) is 262 cm³/mol. The molecule has 4 saturated heterocycles. The van der Waals surface area contributed by atoms with E-state index in [0.29, 0.717) is 32.1 Å². The SMILES string of the molecule is CC(C)(O)/C=C/C[C@](C)(O[C@H]1O[C@H](CO[C@H]2OC[C@@H](O)[C@H](O)[C@H]2O)[C@@H](O)[C@H](O)[C@H]1O)[C@H]1CC[C@]2(C)[C@@H]1[C@H](O)C[C@@H]1[C@@]3(C)CC[C@H](O[C@H]4O[C@H](CO)[C@@H](O)[C@H](O)[C@H]4O[C@H]4O[C@H](CO)[C@@H](O)[C@H](O)[C@H]4O)C(C)(C)[C@H]3CC[C@]12C. The van der Waals surface area contributed by atoms with Crippen LogP contribution < -0.4 is 0 Å². The Morgan fingerprint density at radius 2 is 1.13 bits per heavy atom. The number of hydrogen-bond acceptors (Lipinski definition) is 23. The molecule has 4 heterocycles. The molecule has 0 bridgehead atoms. The van der Waals surface area contributed by atoms with Crippen molar-refractivity contribution in [3.05, 3.63) is 12.2 Å². The van der Waals surface area contributed by atoms with Crippen LogP contribution in [0, 0.1) is 45.3 Å². The van der Waals surface area contributed by atoms with Crippen LogP contribution in [0.5, 0.6) is 0 Å². The van der Waals surface area contributed by atoms with Crippen molar-refractivity contribution in [2.24, 2.45) is 45.3 Å². The van der Waals surface area contributed by atoms with Crippen LogP contribution in [-0.4, -0.2) is 243 Å². The third-order valence-electron chi connectivity index (χ3n) is 20.4. The molecule has 4 saturated carbocycles. The highest BCUT2D eigenvalue weighted by Gasteiger charge is 2.72. The molecule has 23 heteroatoms. The van der Waals surface area contributed by atoms with E-state index in [1.54, 1.807) is 26.0 Å². The Hall–Kier alpha value is -1.18. The summed E-state index contributed by atoms with van der Waals surface area (Å²) in [6.07, 6.45) is -23.1. The van der Waals surface area contributed by atoms with Crippen molar-refractivity contribution in [2.45, 2.75) is 247 Å². The van der Waals surface area contributed by atoms with Crippen LogP contribution in [0.4, 0.5) is 0 Å². The summed E-state index contributed by atoms with van der Waals surface area (Å²) in [7, 11) is 0. The van der Waals surface area contributed by atoms with Gasteiger partial charge >= 0.3 is 0 Å². The minimum absolute atomic E-state index is 0.0112. The number of aliphatic hydroxyl groups is 15. The molecule has 29 atom stereocenters. The fourth-order valence-electron chi connectivity index (χ4n) is 15.9. The van der Waals surface area contributed by atoms with Gasteiger partial charge < -0.3 is 114 Å². The molecule has 0 unspecified atom stereocenters. The fourth-order valence-corrected chi connectivity index (χ4v) is 15.9. The van der Waals surface area contributed by atoms with E-state index in [2.05, 4.69) is 34.6 Å². The first-order valence-corrected chi connectivity index (χ1v) is 27.4. The van der Waals surface area contributed by atoms with Crippen molar-refractivity contribution >= 4 is 0 Å². The van der Waals surface area contributed by atoms with Crippen molar-refractivity contribution in [2.75, 3.05) is 26.4 Å². The Labute approximate surface area is 444 Å². The molecule has 440 valence electrons. The van der Waals surface area contributed by atoms with E-state index in [0.717, 1.165) is 12.8 Å². The maximum atomic E-state index is 12.8. The Morgan fingerprint density at radius 3 is 1.76 bits per heavy atom. The first kappa shape index (κ1) is 60.9. The van der Waals surface area contributed by atoms with Gasteiger partial charge in [0.15, 0.2) is 25.2 Å². The zero-order valence-electron chi connectivity index (χ0n) is 45.0. The second kappa shape index (κ2) is 22.5. The highest BCUT2D eigenvalue weighted by atomic mass is 16.8. The van der Waals surface area contributed by atoms with Gasteiger partial charge in [-0.3, -0.25) is 0 Å². The van der Waals surface area contributed by atoms with Gasteiger partial charge in [0.2, 0.25) is 0 Å². The van der Waals surface area contributed by atoms with Gasteiger partial charge in [-0.1, -0.05) is 46.8 Å². The van der Waals surface area contributed by atoms with Crippen molar-refractivity contribution < 1.29 is 114 Å². The van der Waals surface area contributed by atoms with Gasteiger partial charge in [0.25, 0.3) is 0 Å². The van der Waals surface area contributed by atoms with Gasteiger partial charge in [-0.05, 0) is 117 Å². The average molecular weight is 1100 g/mol. The second-order valence-corrected chi connectivity index (χ2v) is 25.7. The van der Waals surface area contributed by atoms with Crippen LogP contribution in [0.15, 0.2) is 12.2 Å². The van der Waals surface area contributed by atoms with E-state index < -0.39 is 171 Å². The molecule has 0 radical (unpaired) electrons. The Morgan fingerprint density at radius 1 is 0.566 bits per heavy atom. The summed E-state index contributed by atoms with van der Waals surface area (Å²) in [6, 6.07) is 0. The largest absolute Gasteiger partial charge is 0.394 e. The summed E-state index contributed by atoms with van der Waals surface area (Å²) in [5.74, 6) is -0.666. The average Bonchev–Trinajstić information content (AvgIpc) is 3.74. The summed E-state index contributed by atoms with van der Waals surface area (Å²) in [5, 5.41) is 162. The highest BCUT2D eigenvalue weighted by Crippen LogP contribution is 2.76. The van der Waals surface area contributed by atoms with Gasteiger partial charge in [-0.15, -0.1) is 0 Å². The van der Waals surface area contributed by atoms with Crippen molar-refractivity contribution in [1.29, 1.82) is 0 Å². The van der Waals surface area contributed by atoms with Gasteiger partial charge in [0.05, 0.1) is 49.8 Å². The van der Waals surface area contributed by atoms with Crippen LogP contribution in [-0.2, 0) is 37.9 Å². The number of ether oxygens (including phenoxy) is 8. The summed E-state index contributed by atoms with van der Waals surface area (Å²) in [5.41, 5.74) is -4.12. The zero-order valence-corrected chi connectivity index (χ0v) is 45.0. The smallest absolute Gasteiger partial charge is 0.187 e. The molecule has 76 heavy (non-hydrogen) atoms. The Balaban J connectivity index is 1.02. The molecule has 0 amide bonds. The standard InChI is InChI=1S/C53H90O23/c1-48(2,68)13-9-14-53(8,76-46-42(67)38(63)36(61)28(73-46)22-70-44-40(65)33(58)25(57)21-69-44)23-10-16-52(7)32(23)24(56)18-30-50(5)15-12-31(49(3,4)29(50)11-17-51(30,52)6)74-47-43(39(64)35(60)27(20-55)72-47)75-45-41(66)37(62)34(59)26(19-54)71-45/h9,13,23-47,54-68H,10-12,14-22H2,1-8H3/b13-9+/t23-,24+,25+,26+,27+,28+,29+,30+,31-,32-,33-,34+,35+,36+,37-,38-,39-,40+,41+,42+,43+,44+,45+,46+,47+,50-,51+,52+,53-/m0/s1. The summed E-state index contributed by atoms with van der Waals surface area (Å²) in [6.45, 7) is 14.1. The minimum Gasteiger partial charge on any atom is -0.394 e. The molecule has 0 aromatic carbocycles. The third-order valence-corrected chi connectivity index (χ3v) is 20.4. The zero-order chi connectivity index (χ0) is 56.0. The molecule has 0 aromatic heterocycles. The summed E-state index contributed by atoms with van der Waals surface area (Å²) >= 11 is 0. The Bertz CT molecular complexity index is 1980. The molecular weight excluding hydrogens is 1000 g/mol. The topological polar surface area (TPSA) is 377 Å². The molecule has 4 aliphatic carbocycles. The summed E-state index contributed by atoms with van der Waals surface area (Å²) < 4.78 is 48.6. The molecule has 8 aliphatic rings. The van der Waals surface area contributed by atoms with Crippen molar-refractivity contribution in [1.82, 2.24) is 0 Å². The van der Waals surface area contributed by atoms with Gasteiger partial charge in [0.1, 0.15) is 91.6 Å². The maximum absolute atomic E-state index is 12.8. The number of aliphatic hydroxyl groups excluding tert-OH is 14. The molecule has 15 N–H and O–H groups in total. The van der Waals surface area contributed by atoms with E-state index >= 15 is 0 Å². The van der Waals surface area contributed by atoms with Crippen LogP contribution in [0.25, 0.3) is 0 Å². The maximum Gasteiger partial charge on any atom is 0.187 e. The van der Waals surface area contributed by atoms with Crippen LogP contribution in [0.1, 0.15) is 107 Å². The Kier molecular flexibility index (Phi) is 18.1. The van der Waals surface area contributed by atoms with E-state index in [-0.39, 0.29) is 47.5 Å². The minimum atomic E-state index is -1.82. The van der Waals surface area contributed by atoms with Gasteiger partial charge in [0, 0.05) is 0 Å². The van der Waals surface area contributed by atoms with E-state index in [1.165, 1.54) is 0 Å². The molecular formula is C53H90O23. The lowest BCUT2D eigenvalue weighted by Gasteiger charge is -2.71. The van der Waals surface area contributed by atoms with Crippen molar-refractivity contribution in [3.8, 4) is 0 Å². The lowest BCUT2D eigenvalue weighted by atomic mass is 9.35. The molecule has 0 aromatic rings. The first-order valence-electron chi connectivity index (χ1n) is 27.4. The first-order chi connectivity index (χ1) is 35.4. The summed E-state index contributed by atoms with van der Waals surface area (Å²) in [4.78, 5) is 0. The predicted octanol–water partition coefficient (Wildman–Crippen LogP) is -2.59. The molecule has 8 rings (SSSR count). The van der Waals surface area contributed by atoms with Crippen LogP contribution in [0.3, 0.4) is 0 Å². The second-order valence-electron chi connectivity index (χ2n) is 25.7. The third kappa shape index (κ3) is 10.8. The molecule has 4 aliphatic heterocycles.